The Balaban J connectivity index is 1.17. The fraction of sp³-hybridized carbons (Fsp3) is 0.625. The van der Waals surface area contributed by atoms with Crippen molar-refractivity contribution in [2.45, 2.75) is 50.6 Å². The Morgan fingerprint density at radius 1 is 1.09 bits per heavy atom. The first-order chi connectivity index (χ1) is 15.4. The molecule has 2 aromatic rings. The number of halogens is 2. The summed E-state index contributed by atoms with van der Waals surface area (Å²) in [5.74, 6) is 1.40. The predicted octanol–water partition coefficient (Wildman–Crippen LogP) is 3.82. The van der Waals surface area contributed by atoms with Crippen LogP contribution in [0.4, 0.5) is 4.39 Å². The average molecular weight is 502 g/mol. The van der Waals surface area contributed by atoms with Gasteiger partial charge in [0.2, 0.25) is 10.6 Å². The third kappa shape index (κ3) is 3.41. The number of nitrogens with zero attached hydrogens (tertiary/aromatic N) is 5. The van der Waals surface area contributed by atoms with Gasteiger partial charge in [0.05, 0.1) is 11.0 Å². The molecule has 8 heteroatoms. The number of rotatable bonds is 4. The number of hydrogen-bond acceptors (Lipinski definition) is 4. The fourth-order valence-electron chi connectivity index (χ4n) is 7.52. The maximum atomic E-state index is 14.0. The van der Waals surface area contributed by atoms with Crippen LogP contribution in [0, 0.1) is 23.1 Å². The summed E-state index contributed by atoms with van der Waals surface area (Å²) in [6.07, 6.45) is 8.26. The number of aromatic nitrogens is 3. The lowest BCUT2D eigenvalue weighted by molar-refractivity contribution is -0.168. The second kappa shape index (κ2) is 7.62. The molecule has 1 saturated heterocycles. The summed E-state index contributed by atoms with van der Waals surface area (Å²) in [5.41, 5.74) is 0.413. The minimum atomic E-state index is -0.254. The Morgan fingerprint density at radius 2 is 1.81 bits per heavy atom. The summed E-state index contributed by atoms with van der Waals surface area (Å²) < 4.78 is 16.7. The van der Waals surface area contributed by atoms with E-state index in [1.165, 1.54) is 12.5 Å². The second-order valence-electron chi connectivity index (χ2n) is 10.6. The molecule has 0 spiro atoms. The van der Waals surface area contributed by atoms with Crippen molar-refractivity contribution in [2.75, 3.05) is 26.2 Å². The molecule has 1 aromatic heterocycles. The molecule has 0 N–H and O–H groups in total. The highest BCUT2D eigenvalue weighted by molar-refractivity contribution is 9.10. The normalized spacial score (nSPS) is 34.2. The smallest absolute Gasteiger partial charge is 0.228 e. The molecule has 5 fully saturated rings. The van der Waals surface area contributed by atoms with Crippen LogP contribution in [0.25, 0.3) is 0 Å². The van der Waals surface area contributed by atoms with Gasteiger partial charge in [0.25, 0.3) is 0 Å². The molecule has 6 nitrogen and oxygen atoms in total. The van der Waals surface area contributed by atoms with Crippen LogP contribution in [0.5, 0.6) is 0 Å². The van der Waals surface area contributed by atoms with Gasteiger partial charge in [0.1, 0.15) is 12.1 Å². The van der Waals surface area contributed by atoms with E-state index in [4.69, 9.17) is 0 Å². The Hall–Kier alpha value is -1.80. The van der Waals surface area contributed by atoms with Gasteiger partial charge in [-0.05, 0) is 72.4 Å². The molecule has 7 rings (SSSR count). The van der Waals surface area contributed by atoms with Gasteiger partial charge in [0, 0.05) is 38.3 Å². The number of carbonyl (C=O) groups excluding carboxylic acids is 1. The Labute approximate surface area is 196 Å². The molecule has 1 aromatic carbocycles. The zero-order chi connectivity index (χ0) is 21.9. The lowest BCUT2D eigenvalue weighted by Gasteiger charge is -2.61. The average Bonchev–Trinajstić information content (AvgIpc) is 3.22. The monoisotopic (exact) mass is 501 g/mol. The number of hydrogen-bond donors (Lipinski definition) is 0. The van der Waals surface area contributed by atoms with Gasteiger partial charge in [-0.1, -0.05) is 18.2 Å². The number of carbonyl (C=O) groups is 1. The molecular formula is C24H29BrFN5O. The van der Waals surface area contributed by atoms with Gasteiger partial charge in [-0.25, -0.2) is 14.1 Å². The van der Waals surface area contributed by atoms with Gasteiger partial charge >= 0.3 is 0 Å². The van der Waals surface area contributed by atoms with E-state index >= 15 is 0 Å². The summed E-state index contributed by atoms with van der Waals surface area (Å²) in [4.78, 5) is 22.6. The molecule has 2 heterocycles. The van der Waals surface area contributed by atoms with Crippen LogP contribution in [0.3, 0.4) is 0 Å². The van der Waals surface area contributed by atoms with E-state index in [0.717, 1.165) is 63.8 Å². The van der Waals surface area contributed by atoms with Crippen LogP contribution in [-0.4, -0.2) is 56.7 Å². The van der Waals surface area contributed by atoms with Gasteiger partial charge in [-0.15, -0.1) is 5.10 Å². The quantitative estimate of drug-likeness (QED) is 0.638. The molecule has 32 heavy (non-hydrogen) atoms. The van der Waals surface area contributed by atoms with Crippen molar-refractivity contribution in [2.24, 2.45) is 17.3 Å². The lowest BCUT2D eigenvalue weighted by atomic mass is 9.46. The zero-order valence-electron chi connectivity index (χ0n) is 18.2. The van der Waals surface area contributed by atoms with Crippen molar-refractivity contribution in [1.29, 1.82) is 0 Å². The summed E-state index contributed by atoms with van der Waals surface area (Å²) in [6.45, 7) is 3.65. The largest absolute Gasteiger partial charge is 0.340 e. The molecule has 2 unspecified atom stereocenters. The van der Waals surface area contributed by atoms with Crippen molar-refractivity contribution in [3.8, 4) is 0 Å². The second-order valence-corrected chi connectivity index (χ2v) is 11.3. The van der Waals surface area contributed by atoms with E-state index in [0.29, 0.717) is 29.0 Å². The van der Waals surface area contributed by atoms with Gasteiger partial charge in [-0.2, -0.15) is 0 Å². The molecule has 4 bridgehead atoms. The van der Waals surface area contributed by atoms with Gasteiger partial charge in [0.15, 0.2) is 0 Å². The van der Waals surface area contributed by atoms with Gasteiger partial charge < -0.3 is 4.90 Å². The van der Waals surface area contributed by atoms with E-state index in [9.17, 15) is 9.18 Å². The number of piperazine rings is 1. The third-order valence-electron chi connectivity index (χ3n) is 8.45. The molecule has 5 aliphatic rings. The Morgan fingerprint density at radius 3 is 2.47 bits per heavy atom. The van der Waals surface area contributed by atoms with Crippen molar-refractivity contribution in [3.05, 3.63) is 46.7 Å². The molecule has 2 atom stereocenters. The first-order valence-electron chi connectivity index (χ1n) is 11.8. The molecule has 170 valence electrons. The Bertz CT molecular complexity index is 1020. The van der Waals surface area contributed by atoms with E-state index < -0.39 is 0 Å². The summed E-state index contributed by atoms with van der Waals surface area (Å²) in [7, 11) is 0. The molecule has 4 saturated carbocycles. The van der Waals surface area contributed by atoms with E-state index in [-0.39, 0.29) is 16.8 Å². The highest BCUT2D eigenvalue weighted by Crippen LogP contribution is 2.64. The summed E-state index contributed by atoms with van der Waals surface area (Å²) in [6, 6.07) is 6.98. The third-order valence-corrected chi connectivity index (χ3v) is 8.81. The van der Waals surface area contributed by atoms with Gasteiger partial charge in [-0.3, -0.25) is 9.69 Å². The highest BCUT2D eigenvalue weighted by atomic mass is 79.9. The van der Waals surface area contributed by atoms with Crippen molar-refractivity contribution in [1.82, 2.24) is 24.6 Å². The van der Waals surface area contributed by atoms with E-state index in [1.807, 2.05) is 18.5 Å². The first kappa shape index (κ1) is 20.8. The molecule has 4 aliphatic carbocycles. The van der Waals surface area contributed by atoms with Crippen molar-refractivity contribution in [3.63, 3.8) is 0 Å². The van der Waals surface area contributed by atoms with Crippen LogP contribution in [-0.2, 0) is 16.9 Å². The lowest BCUT2D eigenvalue weighted by Crippen LogP contribution is -2.62. The zero-order valence-corrected chi connectivity index (χ0v) is 19.8. The first-order valence-corrected chi connectivity index (χ1v) is 12.6. The number of amides is 1. The molecule has 1 amide bonds. The predicted molar refractivity (Wildman–Crippen MR) is 121 cm³/mol. The van der Waals surface area contributed by atoms with Crippen LogP contribution in [0.15, 0.2) is 35.3 Å². The minimum Gasteiger partial charge on any atom is -0.340 e. The van der Waals surface area contributed by atoms with Crippen LogP contribution < -0.4 is 0 Å². The molecule has 0 radical (unpaired) electrons. The van der Waals surface area contributed by atoms with Crippen molar-refractivity contribution >= 4 is 21.8 Å². The van der Waals surface area contributed by atoms with E-state index in [2.05, 4.69) is 40.5 Å². The molecular weight excluding hydrogens is 473 g/mol. The van der Waals surface area contributed by atoms with E-state index in [1.54, 1.807) is 6.07 Å². The molecule has 1 aliphatic heterocycles. The summed E-state index contributed by atoms with van der Waals surface area (Å²) in [5, 5.41) is 4.62. The van der Waals surface area contributed by atoms with Crippen molar-refractivity contribution < 1.29 is 9.18 Å². The Kier molecular flexibility index (Phi) is 4.95. The van der Waals surface area contributed by atoms with Crippen LogP contribution in [0.1, 0.15) is 44.1 Å². The standard InChI is InChI=1S/C24H29BrFN5O/c25-22-27-16-31(28-22)24-12-17-9-18(13-24)11-23(10-17,15-24)21(32)30-7-5-29(6-8-30)14-19-3-1-2-4-20(19)26/h1-4,16-18H,5-15H2. The van der Waals surface area contributed by atoms with Crippen LogP contribution in [0.2, 0.25) is 0 Å². The maximum absolute atomic E-state index is 14.0. The topological polar surface area (TPSA) is 54.3 Å². The minimum absolute atomic E-state index is 0.0641. The fourth-order valence-corrected chi connectivity index (χ4v) is 7.78. The highest BCUT2D eigenvalue weighted by Gasteiger charge is 2.62. The SMILES string of the molecule is O=C(N1CCN(Cc2ccccc2F)CC1)C12CC3CC(C1)CC(n1cnc(Br)n1)(C3)C2. The van der Waals surface area contributed by atoms with Crippen LogP contribution >= 0.6 is 15.9 Å². The maximum Gasteiger partial charge on any atom is 0.228 e. The summed E-state index contributed by atoms with van der Waals surface area (Å²) >= 11 is 3.40. The number of benzene rings is 1.